The number of hydrogen-bond donors (Lipinski definition) is 1. The van der Waals surface area contributed by atoms with Crippen molar-refractivity contribution in [3.05, 3.63) is 22.8 Å². The maximum Gasteiger partial charge on any atom is 0.307 e. The van der Waals surface area contributed by atoms with Crippen LogP contribution in [0.1, 0.15) is 73.6 Å². The second-order valence-electron chi connectivity index (χ2n) is 5.84. The van der Waals surface area contributed by atoms with Crippen LogP contribution < -0.4 is 0 Å². The molecule has 1 saturated carbocycles. The smallest absolute Gasteiger partial charge is 0.307 e. The zero-order chi connectivity index (χ0) is 14.5. The van der Waals surface area contributed by atoms with Crippen molar-refractivity contribution in [1.29, 1.82) is 0 Å². The van der Waals surface area contributed by atoms with Crippen molar-refractivity contribution in [3.8, 4) is 0 Å². The molecule has 0 aromatic carbocycles. The highest BCUT2D eigenvalue weighted by Gasteiger charge is 2.19. The van der Waals surface area contributed by atoms with Gasteiger partial charge in [-0.05, 0) is 26.7 Å². The number of hydrogen-bond acceptors (Lipinski definition) is 3. The Morgan fingerprint density at radius 1 is 1.05 bits per heavy atom. The Morgan fingerprint density at radius 3 is 2.05 bits per heavy atom. The molecule has 1 N–H and O–H groups in total. The molecule has 1 fully saturated rings. The second-order valence-corrected chi connectivity index (χ2v) is 5.84. The molecule has 0 radical (unpaired) electrons. The average Bonchev–Trinajstić information content (AvgIpc) is 2.33. The normalized spacial score (nSPS) is 17.5. The van der Waals surface area contributed by atoms with Crippen LogP contribution in [0.15, 0.2) is 0 Å². The van der Waals surface area contributed by atoms with E-state index in [-0.39, 0.29) is 6.42 Å². The fourth-order valence-electron chi connectivity index (χ4n) is 3.07. The Balaban J connectivity index is 2.21. The first kappa shape index (κ1) is 14.9. The van der Waals surface area contributed by atoms with Crippen molar-refractivity contribution in [3.63, 3.8) is 0 Å². The van der Waals surface area contributed by atoms with Crippen molar-refractivity contribution in [2.24, 2.45) is 0 Å². The number of aryl methyl sites for hydroxylation is 2. The fraction of sp³-hybridized carbons (Fsp3) is 0.688. The lowest BCUT2D eigenvalue weighted by molar-refractivity contribution is -0.136. The van der Waals surface area contributed by atoms with Gasteiger partial charge in [0.15, 0.2) is 0 Å². The van der Waals surface area contributed by atoms with E-state index in [0.717, 1.165) is 35.6 Å². The minimum atomic E-state index is -0.821. The van der Waals surface area contributed by atoms with Crippen molar-refractivity contribution < 1.29 is 9.90 Å². The van der Waals surface area contributed by atoms with Crippen LogP contribution in [-0.2, 0) is 11.2 Å². The van der Waals surface area contributed by atoms with Gasteiger partial charge in [0.2, 0.25) is 0 Å². The van der Waals surface area contributed by atoms with Crippen molar-refractivity contribution in [2.45, 2.75) is 71.1 Å². The lowest BCUT2D eigenvalue weighted by atomic mass is 9.90. The van der Waals surface area contributed by atoms with E-state index in [1.54, 1.807) is 0 Å². The molecule has 0 amide bonds. The van der Waals surface area contributed by atoms with Crippen LogP contribution in [0.25, 0.3) is 0 Å². The maximum atomic E-state index is 10.9. The summed E-state index contributed by atoms with van der Waals surface area (Å²) in [5.41, 5.74) is 2.43. The summed E-state index contributed by atoms with van der Waals surface area (Å²) in [5, 5.41) is 8.95. The molecule has 1 aliphatic carbocycles. The van der Waals surface area contributed by atoms with E-state index in [9.17, 15) is 4.79 Å². The van der Waals surface area contributed by atoms with E-state index in [2.05, 4.69) is 9.97 Å². The number of aromatic nitrogens is 2. The van der Waals surface area contributed by atoms with Gasteiger partial charge >= 0.3 is 5.97 Å². The van der Waals surface area contributed by atoms with Gasteiger partial charge in [-0.25, -0.2) is 9.97 Å². The predicted octanol–water partition coefficient (Wildman–Crippen LogP) is 3.55. The largest absolute Gasteiger partial charge is 0.481 e. The molecule has 2 rings (SSSR count). The van der Waals surface area contributed by atoms with Crippen molar-refractivity contribution in [2.75, 3.05) is 0 Å². The molecule has 4 heteroatoms. The van der Waals surface area contributed by atoms with Crippen LogP contribution in [0.5, 0.6) is 0 Å². The van der Waals surface area contributed by atoms with Gasteiger partial charge in [0, 0.05) is 22.9 Å². The molecule has 0 saturated heterocycles. The Kier molecular flexibility index (Phi) is 5.10. The summed E-state index contributed by atoms with van der Waals surface area (Å²) in [7, 11) is 0. The van der Waals surface area contributed by atoms with Gasteiger partial charge < -0.3 is 5.11 Å². The lowest BCUT2D eigenvalue weighted by Gasteiger charge is -2.20. The van der Waals surface area contributed by atoms with Gasteiger partial charge in [0.25, 0.3) is 0 Å². The Bertz CT molecular complexity index is 454. The topological polar surface area (TPSA) is 63.1 Å². The summed E-state index contributed by atoms with van der Waals surface area (Å²) in [6, 6.07) is 0. The zero-order valence-corrected chi connectivity index (χ0v) is 12.5. The van der Waals surface area contributed by atoms with Crippen LogP contribution in [-0.4, -0.2) is 21.0 Å². The molecule has 1 heterocycles. The first-order valence-electron chi connectivity index (χ1n) is 7.63. The van der Waals surface area contributed by atoms with Gasteiger partial charge in [-0.15, -0.1) is 0 Å². The Hall–Kier alpha value is -1.45. The Morgan fingerprint density at radius 2 is 1.55 bits per heavy atom. The third kappa shape index (κ3) is 3.78. The zero-order valence-electron chi connectivity index (χ0n) is 12.5. The van der Waals surface area contributed by atoms with Crippen molar-refractivity contribution >= 4 is 5.97 Å². The van der Waals surface area contributed by atoms with E-state index < -0.39 is 5.97 Å². The molecule has 1 aromatic rings. The highest BCUT2D eigenvalue weighted by atomic mass is 16.4. The monoisotopic (exact) mass is 276 g/mol. The predicted molar refractivity (Wildman–Crippen MR) is 77.9 cm³/mol. The number of carboxylic acid groups (broad SMARTS) is 1. The summed E-state index contributed by atoms with van der Waals surface area (Å²) < 4.78 is 0. The molecule has 110 valence electrons. The van der Waals surface area contributed by atoms with E-state index in [4.69, 9.17) is 5.11 Å². The number of nitrogens with zero attached hydrogens (tertiary/aromatic N) is 2. The van der Waals surface area contributed by atoms with Crippen LogP contribution in [0, 0.1) is 13.8 Å². The van der Waals surface area contributed by atoms with Gasteiger partial charge in [-0.2, -0.15) is 0 Å². The summed E-state index contributed by atoms with van der Waals surface area (Å²) in [6.07, 6.45) is 8.82. The quantitative estimate of drug-likeness (QED) is 0.917. The fourth-order valence-corrected chi connectivity index (χ4v) is 3.07. The van der Waals surface area contributed by atoms with Crippen LogP contribution >= 0.6 is 0 Å². The molecular weight excluding hydrogens is 252 g/mol. The van der Waals surface area contributed by atoms with E-state index in [1.807, 2.05) is 13.8 Å². The third-order valence-electron chi connectivity index (χ3n) is 4.24. The third-order valence-corrected chi connectivity index (χ3v) is 4.24. The first-order valence-corrected chi connectivity index (χ1v) is 7.63. The Labute approximate surface area is 120 Å². The summed E-state index contributed by atoms with van der Waals surface area (Å²) in [5.74, 6) is 0.557. The van der Waals surface area contributed by atoms with Crippen LogP contribution in [0.2, 0.25) is 0 Å². The summed E-state index contributed by atoms with van der Waals surface area (Å²) in [4.78, 5) is 20.1. The molecular formula is C16H24N2O2. The van der Waals surface area contributed by atoms with Gasteiger partial charge in [-0.1, -0.05) is 32.1 Å². The number of rotatable bonds is 3. The molecule has 1 aliphatic rings. The van der Waals surface area contributed by atoms with E-state index in [1.165, 1.54) is 32.1 Å². The molecule has 0 aliphatic heterocycles. The molecule has 0 spiro atoms. The number of carboxylic acids is 1. The standard InChI is InChI=1S/C16H24N2O2/c1-11-14(10-15(19)20)12(2)18-16(17-11)13-8-6-4-3-5-7-9-13/h13H,3-10H2,1-2H3,(H,19,20). The van der Waals surface area contributed by atoms with E-state index >= 15 is 0 Å². The number of carbonyl (C=O) groups is 1. The van der Waals surface area contributed by atoms with E-state index in [0.29, 0.717) is 5.92 Å². The number of aliphatic carboxylic acids is 1. The van der Waals surface area contributed by atoms with Crippen LogP contribution in [0.3, 0.4) is 0 Å². The molecule has 1 aromatic heterocycles. The molecule has 20 heavy (non-hydrogen) atoms. The minimum absolute atomic E-state index is 0.0165. The van der Waals surface area contributed by atoms with Gasteiger partial charge in [0.05, 0.1) is 6.42 Å². The molecule has 0 bridgehead atoms. The summed E-state index contributed by atoms with van der Waals surface area (Å²) >= 11 is 0. The average molecular weight is 276 g/mol. The summed E-state index contributed by atoms with van der Waals surface area (Å²) in [6.45, 7) is 3.80. The van der Waals surface area contributed by atoms with Gasteiger partial charge in [0.1, 0.15) is 5.82 Å². The van der Waals surface area contributed by atoms with Crippen molar-refractivity contribution in [1.82, 2.24) is 9.97 Å². The van der Waals surface area contributed by atoms with Gasteiger partial charge in [-0.3, -0.25) is 4.79 Å². The molecule has 0 atom stereocenters. The first-order chi connectivity index (χ1) is 9.58. The molecule has 0 unspecified atom stereocenters. The van der Waals surface area contributed by atoms with Crippen LogP contribution in [0.4, 0.5) is 0 Å². The second kappa shape index (κ2) is 6.82. The lowest BCUT2D eigenvalue weighted by Crippen LogP contribution is -2.13. The highest BCUT2D eigenvalue weighted by molar-refractivity contribution is 5.70. The highest BCUT2D eigenvalue weighted by Crippen LogP contribution is 2.29. The SMILES string of the molecule is Cc1nc(C2CCCCCCC2)nc(C)c1CC(=O)O. The minimum Gasteiger partial charge on any atom is -0.481 e. The molecule has 4 nitrogen and oxygen atoms in total. The maximum absolute atomic E-state index is 10.9.